The molecule has 0 aliphatic heterocycles. The minimum atomic E-state index is -0.388. The van der Waals surface area contributed by atoms with Crippen LogP contribution in [0.1, 0.15) is 101 Å². The van der Waals surface area contributed by atoms with Crippen molar-refractivity contribution in [2.24, 2.45) is 17.3 Å². The molecule has 3 amide bonds. The van der Waals surface area contributed by atoms with Gasteiger partial charge < -0.3 is 30.2 Å². The third-order valence-corrected chi connectivity index (χ3v) is 7.24. The topological polar surface area (TPSA) is 115 Å². The van der Waals surface area contributed by atoms with Gasteiger partial charge in [0, 0.05) is 19.6 Å². The molecule has 5 unspecified atom stereocenters. The van der Waals surface area contributed by atoms with Crippen LogP contribution in [0, 0.1) is 17.3 Å². The summed E-state index contributed by atoms with van der Waals surface area (Å²) in [5.74, 6) is 0.674. The highest BCUT2D eigenvalue weighted by molar-refractivity contribution is 5.67. The lowest BCUT2D eigenvalue weighted by Gasteiger charge is -2.42. The van der Waals surface area contributed by atoms with Crippen LogP contribution in [-0.4, -0.2) is 56.2 Å². The van der Waals surface area contributed by atoms with Crippen LogP contribution in [-0.2, 0) is 14.2 Å². The Balaban J connectivity index is 5.22. The summed E-state index contributed by atoms with van der Waals surface area (Å²) in [7, 11) is 0. The van der Waals surface area contributed by atoms with Crippen molar-refractivity contribution in [3.8, 4) is 0 Å². The number of nitrogens with one attached hydrogen (secondary N) is 3. The van der Waals surface area contributed by atoms with Crippen LogP contribution >= 0.6 is 0 Å². The molecule has 0 saturated heterocycles. The molecular formula is C27H53N3O6. The zero-order valence-corrected chi connectivity index (χ0v) is 24.2. The Morgan fingerprint density at radius 1 is 0.583 bits per heavy atom. The van der Waals surface area contributed by atoms with E-state index in [4.69, 9.17) is 14.2 Å². The van der Waals surface area contributed by atoms with Crippen molar-refractivity contribution >= 4 is 18.3 Å². The Hall–Kier alpha value is -2.19. The van der Waals surface area contributed by atoms with Crippen molar-refractivity contribution in [2.75, 3.05) is 19.6 Å². The van der Waals surface area contributed by atoms with E-state index in [2.05, 4.69) is 36.7 Å². The van der Waals surface area contributed by atoms with E-state index in [0.717, 1.165) is 38.5 Å². The van der Waals surface area contributed by atoms with Crippen molar-refractivity contribution in [3.05, 3.63) is 0 Å². The molecule has 0 fully saturated rings. The largest absolute Gasteiger partial charge is 0.447 e. The molecule has 0 heterocycles. The van der Waals surface area contributed by atoms with E-state index in [1.807, 2.05) is 41.5 Å². The van der Waals surface area contributed by atoms with Gasteiger partial charge in [-0.1, -0.05) is 20.8 Å². The smallest absolute Gasteiger partial charge is 0.407 e. The second-order valence-corrected chi connectivity index (χ2v) is 10.2. The van der Waals surface area contributed by atoms with Crippen LogP contribution in [0.15, 0.2) is 0 Å². The molecule has 0 rings (SSSR count). The molecule has 9 heteroatoms. The Morgan fingerprint density at radius 2 is 0.889 bits per heavy atom. The SMILES string of the molecule is CCNC(=O)OC(C)CCC(C)C(C)(CCC(C)OC(=O)NCC)C(C)CCC(C)OC(=O)NCC. The van der Waals surface area contributed by atoms with Gasteiger partial charge in [-0.25, -0.2) is 14.4 Å². The van der Waals surface area contributed by atoms with Gasteiger partial charge in [-0.05, 0) is 97.3 Å². The monoisotopic (exact) mass is 515 g/mol. The number of rotatable bonds is 17. The van der Waals surface area contributed by atoms with Crippen molar-refractivity contribution < 1.29 is 28.6 Å². The molecule has 0 aromatic heterocycles. The first kappa shape index (κ1) is 33.8. The molecule has 5 atom stereocenters. The van der Waals surface area contributed by atoms with Gasteiger partial charge in [-0.15, -0.1) is 0 Å². The van der Waals surface area contributed by atoms with Crippen molar-refractivity contribution in [2.45, 2.75) is 119 Å². The van der Waals surface area contributed by atoms with E-state index in [1.165, 1.54) is 0 Å². The first-order chi connectivity index (χ1) is 16.9. The normalized spacial score (nSPS) is 16.9. The van der Waals surface area contributed by atoms with Crippen LogP contribution in [0.3, 0.4) is 0 Å². The van der Waals surface area contributed by atoms with E-state index in [1.54, 1.807) is 0 Å². The second kappa shape index (κ2) is 18.1. The quantitative estimate of drug-likeness (QED) is 0.204. The highest BCUT2D eigenvalue weighted by atomic mass is 16.6. The molecule has 0 aromatic rings. The number of amides is 3. The van der Waals surface area contributed by atoms with Gasteiger partial charge in [0.1, 0.15) is 18.3 Å². The van der Waals surface area contributed by atoms with E-state index < -0.39 is 0 Å². The molecule has 3 N–H and O–H groups in total. The third kappa shape index (κ3) is 13.8. The summed E-state index contributed by atoms with van der Waals surface area (Å²) in [5, 5.41) is 8.02. The zero-order chi connectivity index (χ0) is 27.7. The minimum absolute atomic E-state index is 0.0460. The predicted molar refractivity (Wildman–Crippen MR) is 143 cm³/mol. The lowest BCUT2D eigenvalue weighted by Crippen LogP contribution is -2.36. The molecule has 0 radical (unpaired) electrons. The summed E-state index contributed by atoms with van der Waals surface area (Å²) < 4.78 is 16.4. The van der Waals surface area contributed by atoms with E-state index in [0.29, 0.717) is 31.5 Å². The average molecular weight is 516 g/mol. The summed E-state index contributed by atoms with van der Waals surface area (Å²) in [6.07, 6.45) is 3.26. The summed E-state index contributed by atoms with van der Waals surface area (Å²) in [5.41, 5.74) is -0.0460. The van der Waals surface area contributed by atoms with E-state index in [9.17, 15) is 14.4 Å². The molecule has 36 heavy (non-hydrogen) atoms. The lowest BCUT2D eigenvalue weighted by atomic mass is 9.63. The maximum atomic E-state index is 11.8. The predicted octanol–water partition coefficient (Wildman–Crippen LogP) is 6.01. The van der Waals surface area contributed by atoms with E-state index >= 15 is 0 Å². The molecule has 0 spiro atoms. The second-order valence-electron chi connectivity index (χ2n) is 10.2. The zero-order valence-electron chi connectivity index (χ0n) is 24.2. The van der Waals surface area contributed by atoms with Crippen LogP contribution in [0.25, 0.3) is 0 Å². The maximum Gasteiger partial charge on any atom is 0.407 e. The Labute approximate surface area is 219 Å². The van der Waals surface area contributed by atoms with Crippen LogP contribution in [0.5, 0.6) is 0 Å². The summed E-state index contributed by atoms with van der Waals surface area (Å²) >= 11 is 0. The Morgan fingerprint density at radius 3 is 1.19 bits per heavy atom. The van der Waals surface area contributed by atoms with Gasteiger partial charge >= 0.3 is 18.3 Å². The molecule has 212 valence electrons. The Bertz CT molecular complexity index is 609. The van der Waals surface area contributed by atoms with Crippen molar-refractivity contribution in [1.29, 1.82) is 0 Å². The number of ether oxygens (including phenoxy) is 3. The minimum Gasteiger partial charge on any atom is -0.447 e. The van der Waals surface area contributed by atoms with Crippen molar-refractivity contribution in [1.82, 2.24) is 16.0 Å². The number of carbonyl (C=O) groups is 3. The van der Waals surface area contributed by atoms with Gasteiger partial charge in [0.2, 0.25) is 0 Å². The number of hydrogen-bond donors (Lipinski definition) is 3. The number of alkyl carbamates (subject to hydrolysis) is 3. The molecular weight excluding hydrogens is 462 g/mol. The maximum absolute atomic E-state index is 11.8. The van der Waals surface area contributed by atoms with Gasteiger partial charge in [0.05, 0.1) is 0 Å². The molecule has 0 aliphatic carbocycles. The summed E-state index contributed by atoms with van der Waals surface area (Å²) in [6.45, 7) is 19.8. The molecule has 0 aromatic carbocycles. The first-order valence-electron chi connectivity index (χ1n) is 13.7. The molecule has 9 nitrogen and oxygen atoms in total. The highest BCUT2D eigenvalue weighted by Gasteiger charge is 2.37. The fourth-order valence-electron chi connectivity index (χ4n) is 4.40. The van der Waals surface area contributed by atoms with E-state index in [-0.39, 0.29) is 42.0 Å². The first-order valence-corrected chi connectivity index (χ1v) is 13.7. The lowest BCUT2D eigenvalue weighted by molar-refractivity contribution is 0.0356. The van der Waals surface area contributed by atoms with Crippen LogP contribution < -0.4 is 16.0 Å². The standard InChI is InChI=1S/C27H53N3O6/c1-10-28-24(31)34-21(6)15-13-19(4)27(9,18-17-23(8)36-26(33)30-12-3)20(5)14-16-22(7)35-25(32)29-11-2/h19-23H,10-18H2,1-9H3,(H,28,31)(H,29,32)(H,30,33). The summed E-state index contributed by atoms with van der Waals surface area (Å²) in [6, 6.07) is 0. The molecule has 0 bridgehead atoms. The van der Waals surface area contributed by atoms with Gasteiger partial charge in [0.15, 0.2) is 0 Å². The number of carbonyl (C=O) groups excluding carboxylic acids is 3. The summed E-state index contributed by atoms with van der Waals surface area (Å²) in [4.78, 5) is 35.4. The third-order valence-electron chi connectivity index (χ3n) is 7.24. The molecule has 0 saturated carbocycles. The average Bonchev–Trinajstić information content (AvgIpc) is 2.79. The van der Waals surface area contributed by atoms with Gasteiger partial charge in [-0.2, -0.15) is 0 Å². The van der Waals surface area contributed by atoms with Crippen molar-refractivity contribution in [3.63, 3.8) is 0 Å². The van der Waals surface area contributed by atoms with Gasteiger partial charge in [0.25, 0.3) is 0 Å². The van der Waals surface area contributed by atoms with Crippen LogP contribution in [0.2, 0.25) is 0 Å². The highest BCUT2D eigenvalue weighted by Crippen LogP contribution is 2.45. The fraction of sp³-hybridized carbons (Fsp3) is 0.889. The fourth-order valence-corrected chi connectivity index (χ4v) is 4.40. The van der Waals surface area contributed by atoms with Gasteiger partial charge in [-0.3, -0.25) is 0 Å². The number of hydrogen-bond acceptors (Lipinski definition) is 6. The molecule has 0 aliphatic rings. The van der Waals surface area contributed by atoms with Crippen LogP contribution in [0.4, 0.5) is 14.4 Å². The Kier molecular flexibility index (Phi) is 17.0.